The standard InChI is InChI=1S/C19H21NO4/c1-11(7-13-3-5-16(21)17(22)9-13)19(23)20-15-4-6-18-14(10-15)8-12(2)24-18/h3-6,9-12,21-22H,7-8H2,1-2H3,(H,20,23). The van der Waals surface area contributed by atoms with Crippen LogP contribution >= 0.6 is 0 Å². The molecule has 1 aliphatic heterocycles. The van der Waals surface area contributed by atoms with E-state index in [0.29, 0.717) is 6.42 Å². The van der Waals surface area contributed by atoms with Crippen LogP contribution in [0.15, 0.2) is 36.4 Å². The molecule has 0 spiro atoms. The molecule has 0 saturated heterocycles. The highest BCUT2D eigenvalue weighted by Gasteiger charge is 2.20. The third-order valence-electron chi connectivity index (χ3n) is 4.19. The number of hydrogen-bond donors (Lipinski definition) is 3. The van der Waals surface area contributed by atoms with E-state index < -0.39 is 0 Å². The van der Waals surface area contributed by atoms with Crippen LogP contribution in [0.25, 0.3) is 0 Å². The molecule has 1 amide bonds. The van der Waals surface area contributed by atoms with Crippen molar-refractivity contribution in [3.63, 3.8) is 0 Å². The molecule has 2 aromatic carbocycles. The Balaban J connectivity index is 1.64. The van der Waals surface area contributed by atoms with Crippen LogP contribution in [-0.2, 0) is 17.6 Å². The third-order valence-corrected chi connectivity index (χ3v) is 4.19. The van der Waals surface area contributed by atoms with Gasteiger partial charge in [0.05, 0.1) is 0 Å². The third kappa shape index (κ3) is 3.45. The van der Waals surface area contributed by atoms with Crippen LogP contribution in [0.5, 0.6) is 17.2 Å². The molecule has 2 unspecified atom stereocenters. The monoisotopic (exact) mass is 327 g/mol. The fourth-order valence-electron chi connectivity index (χ4n) is 2.91. The maximum Gasteiger partial charge on any atom is 0.227 e. The van der Waals surface area contributed by atoms with Crippen LogP contribution in [0.3, 0.4) is 0 Å². The quantitative estimate of drug-likeness (QED) is 0.753. The van der Waals surface area contributed by atoms with E-state index in [9.17, 15) is 15.0 Å². The number of phenolic OH excluding ortho intramolecular Hbond substituents is 2. The lowest BCUT2D eigenvalue weighted by Crippen LogP contribution is -2.22. The molecule has 0 aliphatic carbocycles. The molecule has 3 N–H and O–H groups in total. The lowest BCUT2D eigenvalue weighted by molar-refractivity contribution is -0.119. The minimum absolute atomic E-state index is 0.0884. The van der Waals surface area contributed by atoms with Gasteiger partial charge in [-0.2, -0.15) is 0 Å². The second kappa shape index (κ2) is 6.43. The maximum atomic E-state index is 12.4. The molecule has 24 heavy (non-hydrogen) atoms. The Morgan fingerprint density at radius 2 is 2.04 bits per heavy atom. The van der Waals surface area contributed by atoms with Crippen LogP contribution in [-0.4, -0.2) is 22.2 Å². The number of hydrogen-bond acceptors (Lipinski definition) is 4. The second-order valence-electron chi connectivity index (χ2n) is 6.37. The topological polar surface area (TPSA) is 78.8 Å². The lowest BCUT2D eigenvalue weighted by Gasteiger charge is -2.13. The van der Waals surface area contributed by atoms with Crippen molar-refractivity contribution in [2.24, 2.45) is 5.92 Å². The number of rotatable bonds is 4. The Kier molecular flexibility index (Phi) is 4.34. The summed E-state index contributed by atoms with van der Waals surface area (Å²) < 4.78 is 5.66. The van der Waals surface area contributed by atoms with Gasteiger partial charge in [0.2, 0.25) is 5.91 Å². The van der Waals surface area contributed by atoms with E-state index in [0.717, 1.165) is 29.0 Å². The van der Waals surface area contributed by atoms with Crippen molar-refractivity contribution in [2.45, 2.75) is 32.8 Å². The van der Waals surface area contributed by atoms with Gasteiger partial charge in [-0.05, 0) is 54.8 Å². The first kappa shape index (κ1) is 16.2. The number of carbonyl (C=O) groups is 1. The Morgan fingerprint density at radius 3 is 2.79 bits per heavy atom. The molecule has 1 heterocycles. The number of amides is 1. The van der Waals surface area contributed by atoms with Crippen molar-refractivity contribution in [1.29, 1.82) is 0 Å². The summed E-state index contributed by atoms with van der Waals surface area (Å²) in [6.45, 7) is 3.85. The molecular weight excluding hydrogens is 306 g/mol. The van der Waals surface area contributed by atoms with Gasteiger partial charge in [-0.15, -0.1) is 0 Å². The van der Waals surface area contributed by atoms with Crippen molar-refractivity contribution < 1.29 is 19.7 Å². The minimum Gasteiger partial charge on any atom is -0.504 e. The van der Waals surface area contributed by atoms with Crippen molar-refractivity contribution in [1.82, 2.24) is 0 Å². The first-order valence-electron chi connectivity index (χ1n) is 8.03. The molecular formula is C19H21NO4. The summed E-state index contributed by atoms with van der Waals surface area (Å²) >= 11 is 0. The van der Waals surface area contributed by atoms with Gasteiger partial charge >= 0.3 is 0 Å². The van der Waals surface area contributed by atoms with Crippen molar-refractivity contribution in [3.05, 3.63) is 47.5 Å². The van der Waals surface area contributed by atoms with Gasteiger partial charge in [0.1, 0.15) is 11.9 Å². The van der Waals surface area contributed by atoms with Crippen LogP contribution < -0.4 is 10.1 Å². The molecule has 2 aromatic rings. The average Bonchev–Trinajstić information content (AvgIpc) is 2.90. The first-order valence-corrected chi connectivity index (χ1v) is 8.03. The number of aromatic hydroxyl groups is 2. The number of anilines is 1. The van der Waals surface area contributed by atoms with E-state index in [1.165, 1.54) is 12.1 Å². The number of ether oxygens (including phenoxy) is 1. The second-order valence-corrected chi connectivity index (χ2v) is 6.37. The van der Waals surface area contributed by atoms with Crippen molar-refractivity contribution in [2.75, 3.05) is 5.32 Å². The summed E-state index contributed by atoms with van der Waals surface area (Å²) in [5, 5.41) is 21.8. The number of fused-ring (bicyclic) bond motifs is 1. The molecule has 1 aliphatic rings. The zero-order valence-electron chi connectivity index (χ0n) is 13.7. The van der Waals surface area contributed by atoms with E-state index in [-0.39, 0.29) is 29.4 Å². The zero-order chi connectivity index (χ0) is 17.3. The minimum atomic E-state index is -0.266. The Labute approximate surface area is 140 Å². The van der Waals surface area contributed by atoms with Gasteiger partial charge in [-0.1, -0.05) is 13.0 Å². The van der Waals surface area contributed by atoms with Gasteiger partial charge in [-0.3, -0.25) is 4.79 Å². The van der Waals surface area contributed by atoms with Crippen molar-refractivity contribution in [3.8, 4) is 17.2 Å². The van der Waals surface area contributed by atoms with Crippen LogP contribution in [0.1, 0.15) is 25.0 Å². The van der Waals surface area contributed by atoms with Gasteiger partial charge in [0.15, 0.2) is 11.5 Å². The Morgan fingerprint density at radius 1 is 1.25 bits per heavy atom. The normalized spacial score (nSPS) is 17.0. The maximum absolute atomic E-state index is 12.4. The van der Waals surface area contributed by atoms with Crippen molar-refractivity contribution >= 4 is 11.6 Å². The zero-order valence-corrected chi connectivity index (χ0v) is 13.7. The lowest BCUT2D eigenvalue weighted by atomic mass is 9.99. The molecule has 3 rings (SSSR count). The molecule has 0 radical (unpaired) electrons. The fraction of sp³-hybridized carbons (Fsp3) is 0.316. The van der Waals surface area contributed by atoms with Gasteiger partial charge < -0.3 is 20.3 Å². The Bertz CT molecular complexity index is 772. The van der Waals surface area contributed by atoms with Crippen LogP contribution in [0.2, 0.25) is 0 Å². The summed E-state index contributed by atoms with van der Waals surface area (Å²) in [5.74, 6) is 0.193. The average molecular weight is 327 g/mol. The molecule has 0 fully saturated rings. The highest BCUT2D eigenvalue weighted by atomic mass is 16.5. The molecule has 0 bridgehead atoms. The molecule has 126 valence electrons. The summed E-state index contributed by atoms with van der Waals surface area (Å²) in [4.78, 5) is 12.4. The van der Waals surface area contributed by atoms with Gasteiger partial charge in [0.25, 0.3) is 0 Å². The van der Waals surface area contributed by atoms with E-state index in [2.05, 4.69) is 5.32 Å². The van der Waals surface area contributed by atoms with Gasteiger partial charge in [0, 0.05) is 18.0 Å². The van der Waals surface area contributed by atoms with Crippen LogP contribution in [0, 0.1) is 5.92 Å². The van der Waals surface area contributed by atoms with E-state index in [1.54, 1.807) is 6.07 Å². The molecule has 5 heteroatoms. The van der Waals surface area contributed by atoms with Crippen LogP contribution in [0.4, 0.5) is 5.69 Å². The highest BCUT2D eigenvalue weighted by Crippen LogP contribution is 2.31. The SMILES string of the molecule is CC1Cc2cc(NC(=O)C(C)Cc3ccc(O)c(O)c3)ccc2O1. The molecule has 5 nitrogen and oxygen atoms in total. The molecule has 0 saturated carbocycles. The van der Waals surface area contributed by atoms with E-state index in [4.69, 9.17) is 4.74 Å². The smallest absolute Gasteiger partial charge is 0.227 e. The van der Waals surface area contributed by atoms with E-state index >= 15 is 0 Å². The van der Waals surface area contributed by atoms with E-state index in [1.807, 2.05) is 32.0 Å². The predicted molar refractivity (Wildman–Crippen MR) is 91.5 cm³/mol. The first-order chi connectivity index (χ1) is 11.4. The fourth-order valence-corrected chi connectivity index (χ4v) is 2.91. The summed E-state index contributed by atoms with van der Waals surface area (Å²) in [7, 11) is 0. The Hall–Kier alpha value is -2.69. The molecule has 2 atom stereocenters. The number of benzene rings is 2. The number of phenols is 2. The molecule has 0 aromatic heterocycles. The number of nitrogens with one attached hydrogen (secondary N) is 1. The summed E-state index contributed by atoms with van der Waals surface area (Å²) in [6, 6.07) is 10.3. The predicted octanol–water partition coefficient (Wildman–Crippen LogP) is 3.24. The summed E-state index contributed by atoms with van der Waals surface area (Å²) in [6.07, 6.45) is 1.50. The highest BCUT2D eigenvalue weighted by molar-refractivity contribution is 5.92. The summed E-state index contributed by atoms with van der Waals surface area (Å²) in [5.41, 5.74) is 2.66. The number of carbonyl (C=O) groups excluding carboxylic acids is 1. The largest absolute Gasteiger partial charge is 0.504 e. The van der Waals surface area contributed by atoms with Gasteiger partial charge in [-0.25, -0.2) is 0 Å².